The van der Waals surface area contributed by atoms with Gasteiger partial charge in [-0.25, -0.2) is 0 Å². The van der Waals surface area contributed by atoms with Crippen molar-refractivity contribution in [2.75, 3.05) is 26.2 Å². The fourth-order valence-corrected chi connectivity index (χ4v) is 2.28. The molecule has 1 N–H and O–H groups in total. The number of nitriles is 1. The van der Waals surface area contributed by atoms with Crippen LogP contribution < -0.4 is 0 Å². The lowest BCUT2D eigenvalue weighted by molar-refractivity contribution is 0.0232. The molecule has 1 rings (SSSR count). The molecule has 4 heteroatoms. The third-order valence-corrected chi connectivity index (χ3v) is 3.23. The number of hydrogen-bond acceptors (Lipinski definition) is 4. The van der Waals surface area contributed by atoms with Crippen LogP contribution in [0.3, 0.4) is 0 Å². The Morgan fingerprint density at radius 2 is 2.07 bits per heavy atom. The maximum absolute atomic E-state index is 8.94. The number of aliphatic hydroxyl groups excluding tert-OH is 1. The van der Waals surface area contributed by atoms with Crippen LogP contribution in [0.2, 0.25) is 0 Å². The Morgan fingerprint density at radius 3 is 2.60 bits per heavy atom. The highest BCUT2D eigenvalue weighted by Gasteiger charge is 2.31. The summed E-state index contributed by atoms with van der Waals surface area (Å²) in [6, 6.07) is 3.09. The van der Waals surface area contributed by atoms with Gasteiger partial charge in [-0.2, -0.15) is 5.26 Å². The minimum Gasteiger partial charge on any atom is -0.395 e. The SMILES string of the molecule is C[C@@H]1CN([C@H](C)C#N)[C@H](C)CN1CCO. The van der Waals surface area contributed by atoms with Crippen LogP contribution >= 0.6 is 0 Å². The molecule has 1 heterocycles. The van der Waals surface area contributed by atoms with E-state index in [-0.39, 0.29) is 12.6 Å². The van der Waals surface area contributed by atoms with E-state index < -0.39 is 0 Å². The summed E-state index contributed by atoms with van der Waals surface area (Å²) >= 11 is 0. The molecule has 0 aromatic heterocycles. The molecular weight excluding hydrogens is 190 g/mol. The Labute approximate surface area is 92.1 Å². The molecule has 0 spiro atoms. The quantitative estimate of drug-likeness (QED) is 0.729. The Kier molecular flexibility index (Phi) is 4.52. The van der Waals surface area contributed by atoms with Gasteiger partial charge in [-0.05, 0) is 20.8 Å². The van der Waals surface area contributed by atoms with Crippen molar-refractivity contribution >= 4 is 0 Å². The van der Waals surface area contributed by atoms with E-state index in [4.69, 9.17) is 10.4 Å². The third-order valence-electron chi connectivity index (χ3n) is 3.23. The summed E-state index contributed by atoms with van der Waals surface area (Å²) in [6.07, 6.45) is 0. The molecular formula is C11H21N3O. The molecule has 15 heavy (non-hydrogen) atoms. The highest BCUT2D eigenvalue weighted by atomic mass is 16.3. The van der Waals surface area contributed by atoms with Crippen molar-refractivity contribution in [3.63, 3.8) is 0 Å². The van der Waals surface area contributed by atoms with E-state index in [0.29, 0.717) is 12.1 Å². The molecule has 0 saturated carbocycles. The van der Waals surface area contributed by atoms with Crippen LogP contribution in [0.4, 0.5) is 0 Å². The van der Waals surface area contributed by atoms with Gasteiger partial charge in [0, 0.05) is 31.7 Å². The van der Waals surface area contributed by atoms with E-state index >= 15 is 0 Å². The lowest BCUT2D eigenvalue weighted by Gasteiger charge is -2.45. The molecule has 0 aromatic carbocycles. The van der Waals surface area contributed by atoms with E-state index in [9.17, 15) is 0 Å². The minimum atomic E-state index is -0.0151. The lowest BCUT2D eigenvalue weighted by Crippen LogP contribution is -2.58. The van der Waals surface area contributed by atoms with Crippen LogP contribution in [-0.2, 0) is 0 Å². The van der Waals surface area contributed by atoms with Gasteiger partial charge < -0.3 is 5.11 Å². The molecule has 0 aromatic rings. The largest absolute Gasteiger partial charge is 0.395 e. The van der Waals surface area contributed by atoms with Crippen molar-refractivity contribution < 1.29 is 5.11 Å². The zero-order chi connectivity index (χ0) is 11.4. The van der Waals surface area contributed by atoms with Gasteiger partial charge in [0.25, 0.3) is 0 Å². The van der Waals surface area contributed by atoms with Gasteiger partial charge in [0.1, 0.15) is 0 Å². The number of nitrogens with zero attached hydrogens (tertiary/aromatic N) is 3. The van der Waals surface area contributed by atoms with Gasteiger partial charge >= 0.3 is 0 Å². The van der Waals surface area contributed by atoms with Gasteiger partial charge in [-0.3, -0.25) is 9.80 Å². The first-order chi connectivity index (χ1) is 7.10. The molecule has 1 aliphatic heterocycles. The number of β-amino-alcohol motifs (C(OH)–C–C–N with tert-alkyl or cyclic N) is 1. The second-order valence-electron chi connectivity index (χ2n) is 4.42. The van der Waals surface area contributed by atoms with E-state index in [1.165, 1.54) is 0 Å². The Morgan fingerprint density at radius 1 is 1.40 bits per heavy atom. The van der Waals surface area contributed by atoms with Crippen molar-refractivity contribution in [1.29, 1.82) is 5.26 Å². The predicted octanol–water partition coefficient (Wildman–Crippen LogP) is 0.285. The zero-order valence-corrected chi connectivity index (χ0v) is 9.85. The first-order valence-electron chi connectivity index (χ1n) is 5.60. The van der Waals surface area contributed by atoms with Crippen molar-refractivity contribution in [1.82, 2.24) is 9.80 Å². The number of rotatable bonds is 3. The maximum atomic E-state index is 8.94. The van der Waals surface area contributed by atoms with Gasteiger partial charge in [0.2, 0.25) is 0 Å². The predicted molar refractivity (Wildman–Crippen MR) is 59.4 cm³/mol. The lowest BCUT2D eigenvalue weighted by atomic mass is 10.1. The summed E-state index contributed by atoms with van der Waals surface area (Å²) in [7, 11) is 0. The van der Waals surface area contributed by atoms with Gasteiger partial charge in [0.05, 0.1) is 18.7 Å². The minimum absolute atomic E-state index is 0.0151. The fourth-order valence-electron chi connectivity index (χ4n) is 2.28. The Balaban J connectivity index is 2.59. The fraction of sp³-hybridized carbons (Fsp3) is 0.909. The van der Waals surface area contributed by atoms with Crippen LogP contribution in [0.25, 0.3) is 0 Å². The molecule has 1 aliphatic rings. The molecule has 0 amide bonds. The second-order valence-corrected chi connectivity index (χ2v) is 4.42. The summed E-state index contributed by atoms with van der Waals surface area (Å²) in [5, 5.41) is 17.9. The van der Waals surface area contributed by atoms with Crippen LogP contribution in [0.15, 0.2) is 0 Å². The smallest absolute Gasteiger partial charge is 0.0952 e. The molecule has 4 nitrogen and oxygen atoms in total. The number of aliphatic hydroxyl groups is 1. The second kappa shape index (κ2) is 5.45. The molecule has 0 bridgehead atoms. The molecule has 0 aliphatic carbocycles. The monoisotopic (exact) mass is 211 g/mol. The van der Waals surface area contributed by atoms with E-state index in [2.05, 4.69) is 29.7 Å². The normalized spacial score (nSPS) is 31.1. The zero-order valence-electron chi connectivity index (χ0n) is 9.85. The molecule has 0 radical (unpaired) electrons. The van der Waals surface area contributed by atoms with Crippen molar-refractivity contribution in [2.45, 2.75) is 38.9 Å². The van der Waals surface area contributed by atoms with Crippen molar-refractivity contribution in [3.05, 3.63) is 0 Å². The molecule has 86 valence electrons. The first kappa shape index (κ1) is 12.4. The standard InChI is InChI=1S/C11H21N3O/c1-9(6-12)14-8-10(2)13(4-5-15)7-11(14)3/h9-11,15H,4-5,7-8H2,1-3H3/t9-,10-,11-/m1/s1. The van der Waals surface area contributed by atoms with Crippen molar-refractivity contribution in [2.24, 2.45) is 0 Å². The highest BCUT2D eigenvalue weighted by molar-refractivity contribution is 4.95. The Hall–Kier alpha value is -0.630. The number of hydrogen-bond donors (Lipinski definition) is 1. The average molecular weight is 211 g/mol. The van der Waals surface area contributed by atoms with Crippen LogP contribution in [-0.4, -0.2) is 59.3 Å². The summed E-state index contributed by atoms with van der Waals surface area (Å²) in [6.45, 7) is 9.04. The summed E-state index contributed by atoms with van der Waals surface area (Å²) < 4.78 is 0. The summed E-state index contributed by atoms with van der Waals surface area (Å²) in [4.78, 5) is 4.52. The molecule has 1 saturated heterocycles. The van der Waals surface area contributed by atoms with E-state index in [1.807, 2.05) is 6.92 Å². The van der Waals surface area contributed by atoms with Gasteiger partial charge in [0.15, 0.2) is 0 Å². The summed E-state index contributed by atoms with van der Waals surface area (Å²) in [5.74, 6) is 0. The first-order valence-corrected chi connectivity index (χ1v) is 5.60. The average Bonchev–Trinajstić information content (AvgIpc) is 2.22. The van der Waals surface area contributed by atoms with Crippen LogP contribution in [0, 0.1) is 11.3 Å². The van der Waals surface area contributed by atoms with E-state index in [0.717, 1.165) is 19.6 Å². The maximum Gasteiger partial charge on any atom is 0.0952 e. The molecule has 0 unspecified atom stereocenters. The van der Waals surface area contributed by atoms with Gasteiger partial charge in [-0.15, -0.1) is 0 Å². The molecule has 3 atom stereocenters. The third kappa shape index (κ3) is 2.91. The van der Waals surface area contributed by atoms with Crippen molar-refractivity contribution in [3.8, 4) is 6.07 Å². The molecule has 1 fully saturated rings. The van der Waals surface area contributed by atoms with Gasteiger partial charge in [-0.1, -0.05) is 0 Å². The number of piperazine rings is 1. The van der Waals surface area contributed by atoms with E-state index in [1.54, 1.807) is 0 Å². The summed E-state index contributed by atoms with van der Waals surface area (Å²) in [5.41, 5.74) is 0. The highest BCUT2D eigenvalue weighted by Crippen LogP contribution is 2.17. The van der Waals surface area contributed by atoms with Crippen LogP contribution in [0.1, 0.15) is 20.8 Å². The Bertz CT molecular complexity index is 238. The topological polar surface area (TPSA) is 50.5 Å². The van der Waals surface area contributed by atoms with Crippen LogP contribution in [0.5, 0.6) is 0 Å².